The van der Waals surface area contributed by atoms with Crippen LogP contribution in [-0.2, 0) is 6.42 Å². The van der Waals surface area contributed by atoms with Gasteiger partial charge in [-0.15, -0.1) is 0 Å². The summed E-state index contributed by atoms with van der Waals surface area (Å²) in [6.45, 7) is 1.48. The molecule has 0 saturated heterocycles. The van der Waals surface area contributed by atoms with E-state index in [4.69, 9.17) is 5.73 Å². The van der Waals surface area contributed by atoms with Gasteiger partial charge >= 0.3 is 0 Å². The third-order valence-corrected chi connectivity index (χ3v) is 2.73. The van der Waals surface area contributed by atoms with E-state index in [1.165, 1.54) is 13.0 Å². The van der Waals surface area contributed by atoms with Gasteiger partial charge in [0.15, 0.2) is 5.78 Å². The van der Waals surface area contributed by atoms with Gasteiger partial charge in [-0.1, -0.05) is 12.1 Å². The number of benzene rings is 1. The minimum atomic E-state index is -0.864. The molecule has 1 aromatic heterocycles. The average molecular weight is 262 g/mol. The second kappa shape index (κ2) is 5.14. The van der Waals surface area contributed by atoms with E-state index >= 15 is 0 Å². The first-order valence-corrected chi connectivity index (χ1v) is 5.68. The molecule has 2 N–H and O–H groups in total. The van der Waals surface area contributed by atoms with E-state index < -0.39 is 23.0 Å². The van der Waals surface area contributed by atoms with Crippen LogP contribution in [0.4, 0.5) is 14.6 Å². The minimum absolute atomic E-state index is 0.192. The average Bonchev–Trinajstić information content (AvgIpc) is 2.34. The fourth-order valence-electron chi connectivity index (χ4n) is 1.76. The molecule has 3 nitrogen and oxygen atoms in total. The van der Waals surface area contributed by atoms with E-state index in [9.17, 15) is 13.6 Å². The first kappa shape index (κ1) is 13.1. The summed E-state index contributed by atoms with van der Waals surface area (Å²) in [7, 11) is 0. The molecule has 2 aromatic rings. The molecule has 0 radical (unpaired) electrons. The van der Waals surface area contributed by atoms with Gasteiger partial charge in [-0.05, 0) is 30.7 Å². The molecule has 0 atom stereocenters. The number of ketones is 1. The molecule has 0 spiro atoms. The topological polar surface area (TPSA) is 56.0 Å². The van der Waals surface area contributed by atoms with Crippen molar-refractivity contribution in [2.75, 3.05) is 5.73 Å². The summed E-state index contributed by atoms with van der Waals surface area (Å²) < 4.78 is 27.3. The molecule has 19 heavy (non-hydrogen) atoms. The van der Waals surface area contributed by atoms with Gasteiger partial charge in [-0.2, -0.15) is 0 Å². The molecule has 0 aliphatic heterocycles. The van der Waals surface area contributed by atoms with Crippen molar-refractivity contribution in [2.24, 2.45) is 0 Å². The summed E-state index contributed by atoms with van der Waals surface area (Å²) in [5.41, 5.74) is 5.57. The summed E-state index contributed by atoms with van der Waals surface area (Å²) >= 11 is 0. The maximum atomic E-state index is 13.8. The number of hydrogen-bond donors (Lipinski definition) is 1. The highest BCUT2D eigenvalue weighted by molar-refractivity contribution is 5.98. The Kier molecular flexibility index (Phi) is 3.55. The van der Waals surface area contributed by atoms with Gasteiger partial charge in [-0.3, -0.25) is 4.79 Å². The molecule has 0 unspecified atom stereocenters. The number of nitrogens with zero attached hydrogens (tertiary/aromatic N) is 1. The van der Waals surface area contributed by atoms with Gasteiger partial charge in [0.05, 0.1) is 17.7 Å². The molecule has 0 bridgehead atoms. The third-order valence-electron chi connectivity index (χ3n) is 2.73. The van der Waals surface area contributed by atoms with Crippen LogP contribution in [-0.4, -0.2) is 10.8 Å². The highest BCUT2D eigenvalue weighted by Crippen LogP contribution is 2.18. The summed E-state index contributed by atoms with van der Waals surface area (Å²) in [4.78, 5) is 15.9. The Morgan fingerprint density at radius 1 is 1.26 bits per heavy atom. The Morgan fingerprint density at radius 3 is 2.68 bits per heavy atom. The number of aromatic nitrogens is 1. The Bertz CT molecular complexity index is 641. The lowest BCUT2D eigenvalue weighted by atomic mass is 10.0. The normalized spacial score (nSPS) is 10.5. The molecule has 0 fully saturated rings. The van der Waals surface area contributed by atoms with Crippen molar-refractivity contribution in [1.29, 1.82) is 0 Å². The number of carbonyl (C=O) groups is 1. The number of pyridine rings is 1. The number of rotatable bonds is 3. The molecule has 0 saturated carbocycles. The highest BCUT2D eigenvalue weighted by atomic mass is 19.1. The molecule has 98 valence electrons. The van der Waals surface area contributed by atoms with Crippen molar-refractivity contribution < 1.29 is 13.6 Å². The number of aryl methyl sites for hydroxylation is 1. The monoisotopic (exact) mass is 262 g/mol. The van der Waals surface area contributed by atoms with Gasteiger partial charge in [-0.25, -0.2) is 13.8 Å². The second-order valence-electron chi connectivity index (χ2n) is 4.21. The minimum Gasteiger partial charge on any atom is -0.384 e. The number of anilines is 1. The Balaban J connectivity index is 2.33. The zero-order chi connectivity index (χ0) is 14.0. The summed E-state index contributed by atoms with van der Waals surface area (Å²) in [6, 6.07) is 7.16. The standard InChI is InChI=1S/C14H12F2N2O/c1-8-5-6-10(15)13(14(8)16)11(19)7-9-3-2-4-12(17)18-9/h2-6H,7H2,1H3,(H2,17,18). The molecule has 0 aliphatic carbocycles. The number of nitrogens with two attached hydrogens (primary N) is 1. The summed E-state index contributed by atoms with van der Waals surface area (Å²) in [5.74, 6) is -2.09. The number of hydrogen-bond acceptors (Lipinski definition) is 3. The zero-order valence-electron chi connectivity index (χ0n) is 10.3. The van der Waals surface area contributed by atoms with Crippen LogP contribution in [0.2, 0.25) is 0 Å². The van der Waals surface area contributed by atoms with Crippen molar-refractivity contribution in [2.45, 2.75) is 13.3 Å². The van der Waals surface area contributed by atoms with Crippen LogP contribution in [0, 0.1) is 18.6 Å². The van der Waals surface area contributed by atoms with Gasteiger partial charge in [0.1, 0.15) is 17.5 Å². The number of carbonyl (C=O) groups excluding carboxylic acids is 1. The molecular formula is C14H12F2N2O. The van der Waals surface area contributed by atoms with Gasteiger partial charge in [0.2, 0.25) is 0 Å². The first-order chi connectivity index (χ1) is 8.99. The fourth-order valence-corrected chi connectivity index (χ4v) is 1.76. The van der Waals surface area contributed by atoms with Crippen molar-refractivity contribution in [1.82, 2.24) is 4.98 Å². The van der Waals surface area contributed by atoms with Crippen molar-refractivity contribution >= 4 is 11.6 Å². The van der Waals surface area contributed by atoms with Crippen LogP contribution in [0.25, 0.3) is 0 Å². The van der Waals surface area contributed by atoms with E-state index in [0.29, 0.717) is 5.69 Å². The predicted octanol–water partition coefficient (Wildman–Crippen LogP) is 2.68. The summed E-state index contributed by atoms with van der Waals surface area (Å²) in [6.07, 6.45) is -0.192. The molecule has 2 rings (SSSR count). The van der Waals surface area contributed by atoms with Crippen LogP contribution in [0.5, 0.6) is 0 Å². The quantitative estimate of drug-likeness (QED) is 0.865. The molecule has 0 aliphatic rings. The van der Waals surface area contributed by atoms with Crippen LogP contribution in [0.1, 0.15) is 21.6 Å². The van der Waals surface area contributed by atoms with Crippen molar-refractivity contribution in [3.05, 3.63) is 58.8 Å². The van der Waals surface area contributed by atoms with Crippen LogP contribution in [0.15, 0.2) is 30.3 Å². The van der Waals surface area contributed by atoms with E-state index in [2.05, 4.69) is 4.98 Å². The van der Waals surface area contributed by atoms with Crippen molar-refractivity contribution in [3.8, 4) is 0 Å². The van der Waals surface area contributed by atoms with E-state index in [-0.39, 0.29) is 17.8 Å². The molecular weight excluding hydrogens is 250 g/mol. The number of nitrogen functional groups attached to an aromatic ring is 1. The zero-order valence-corrected chi connectivity index (χ0v) is 10.3. The molecule has 0 amide bonds. The maximum Gasteiger partial charge on any atom is 0.174 e. The number of Topliss-reactive ketones (excluding diaryl/α,β-unsaturated/α-hetero) is 1. The van der Waals surface area contributed by atoms with Crippen LogP contribution in [0.3, 0.4) is 0 Å². The molecule has 5 heteroatoms. The lowest BCUT2D eigenvalue weighted by Gasteiger charge is -2.06. The summed E-state index contributed by atoms with van der Waals surface area (Å²) in [5, 5.41) is 0. The highest BCUT2D eigenvalue weighted by Gasteiger charge is 2.19. The van der Waals surface area contributed by atoms with Crippen LogP contribution < -0.4 is 5.73 Å². The van der Waals surface area contributed by atoms with Gasteiger partial charge in [0, 0.05) is 0 Å². The van der Waals surface area contributed by atoms with Gasteiger partial charge in [0.25, 0.3) is 0 Å². The Morgan fingerprint density at radius 2 is 2.00 bits per heavy atom. The lowest BCUT2D eigenvalue weighted by molar-refractivity contribution is 0.0983. The first-order valence-electron chi connectivity index (χ1n) is 5.68. The van der Waals surface area contributed by atoms with E-state index in [0.717, 1.165) is 6.07 Å². The lowest BCUT2D eigenvalue weighted by Crippen LogP contribution is -2.11. The van der Waals surface area contributed by atoms with E-state index in [1.54, 1.807) is 18.2 Å². The fraction of sp³-hybridized carbons (Fsp3) is 0.143. The largest absolute Gasteiger partial charge is 0.384 e. The Labute approximate surface area is 109 Å². The predicted molar refractivity (Wildman–Crippen MR) is 67.8 cm³/mol. The SMILES string of the molecule is Cc1ccc(F)c(C(=O)Cc2cccc(N)n2)c1F. The number of halogens is 2. The smallest absolute Gasteiger partial charge is 0.174 e. The van der Waals surface area contributed by atoms with E-state index in [1.807, 2.05) is 0 Å². The Hall–Kier alpha value is -2.30. The van der Waals surface area contributed by atoms with Crippen LogP contribution >= 0.6 is 0 Å². The maximum absolute atomic E-state index is 13.8. The second-order valence-corrected chi connectivity index (χ2v) is 4.21. The van der Waals surface area contributed by atoms with Gasteiger partial charge < -0.3 is 5.73 Å². The third kappa shape index (κ3) is 2.76. The molecule has 1 aromatic carbocycles. The van der Waals surface area contributed by atoms with Crippen molar-refractivity contribution in [3.63, 3.8) is 0 Å². The molecule has 1 heterocycles.